The number of fused-ring (bicyclic) bond motifs is 1. The topological polar surface area (TPSA) is 91.7 Å². The highest BCUT2D eigenvalue weighted by Gasteiger charge is 2.48. The molecule has 2 atom stereocenters. The summed E-state index contributed by atoms with van der Waals surface area (Å²) in [5.41, 5.74) is 4.74. The predicted molar refractivity (Wildman–Crippen MR) is 108 cm³/mol. The summed E-state index contributed by atoms with van der Waals surface area (Å²) in [6.45, 7) is 1.77. The average Bonchev–Trinajstić information content (AvgIpc) is 3.03. The molecule has 0 unspecified atom stereocenters. The number of hydrogen-bond acceptors (Lipinski definition) is 5. The fourth-order valence-corrected chi connectivity index (χ4v) is 4.02. The minimum Gasteiger partial charge on any atom is -0.274 e. The van der Waals surface area contributed by atoms with E-state index in [1.165, 1.54) is 4.90 Å². The van der Waals surface area contributed by atoms with Crippen molar-refractivity contribution in [3.05, 3.63) is 59.9 Å². The number of carbonyl (C=O) groups is 3. The lowest BCUT2D eigenvalue weighted by Gasteiger charge is -2.19. The highest BCUT2D eigenvalue weighted by Crippen LogP contribution is 2.40. The summed E-state index contributed by atoms with van der Waals surface area (Å²) in [7, 11) is 0. The number of nitrogens with zero attached hydrogens (tertiary/aromatic N) is 3. The normalized spacial score (nSPS) is 21.8. The van der Waals surface area contributed by atoms with Crippen LogP contribution in [0.25, 0.3) is 0 Å². The van der Waals surface area contributed by atoms with Crippen molar-refractivity contribution in [3.8, 4) is 0 Å². The van der Waals surface area contributed by atoms with Gasteiger partial charge >= 0.3 is 0 Å². The molecule has 2 aromatic rings. The van der Waals surface area contributed by atoms with E-state index in [1.54, 1.807) is 55.6 Å². The first kappa shape index (κ1) is 19.0. The molecule has 1 N–H and O–H groups in total. The van der Waals surface area contributed by atoms with E-state index in [1.807, 2.05) is 0 Å². The van der Waals surface area contributed by atoms with Gasteiger partial charge in [0, 0.05) is 6.20 Å². The Morgan fingerprint density at radius 2 is 1.69 bits per heavy atom. The van der Waals surface area contributed by atoms with Crippen LogP contribution in [0.3, 0.4) is 0 Å². The maximum absolute atomic E-state index is 12.7. The van der Waals surface area contributed by atoms with Crippen molar-refractivity contribution in [2.45, 2.75) is 32.6 Å². The molecular formula is C22H22N4O3. The number of aromatic nitrogens is 1. The van der Waals surface area contributed by atoms with E-state index < -0.39 is 5.91 Å². The molecule has 0 radical (unpaired) electrons. The molecular weight excluding hydrogens is 368 g/mol. The third kappa shape index (κ3) is 3.68. The molecule has 1 aromatic heterocycles. The quantitative estimate of drug-likeness (QED) is 0.494. The van der Waals surface area contributed by atoms with Crippen molar-refractivity contribution in [1.29, 1.82) is 0 Å². The van der Waals surface area contributed by atoms with Crippen molar-refractivity contribution < 1.29 is 14.4 Å². The number of pyridine rings is 1. The number of rotatable bonds is 4. The zero-order valence-corrected chi connectivity index (χ0v) is 16.2. The van der Waals surface area contributed by atoms with Crippen molar-refractivity contribution in [3.63, 3.8) is 0 Å². The Labute approximate surface area is 168 Å². The Balaban J connectivity index is 1.47. The van der Waals surface area contributed by atoms with Crippen molar-refractivity contribution >= 4 is 29.1 Å². The van der Waals surface area contributed by atoms with Gasteiger partial charge < -0.3 is 0 Å². The van der Waals surface area contributed by atoms with Gasteiger partial charge in [0.1, 0.15) is 5.69 Å². The zero-order valence-electron chi connectivity index (χ0n) is 16.2. The number of amides is 3. The van der Waals surface area contributed by atoms with Crippen LogP contribution in [-0.4, -0.2) is 28.4 Å². The van der Waals surface area contributed by atoms with E-state index in [9.17, 15) is 14.4 Å². The first-order chi connectivity index (χ1) is 14.1. The Bertz CT molecular complexity index is 945. The van der Waals surface area contributed by atoms with Gasteiger partial charge in [-0.2, -0.15) is 5.10 Å². The minimum absolute atomic E-state index is 0.0829. The molecule has 1 aliphatic carbocycles. The van der Waals surface area contributed by atoms with Crippen molar-refractivity contribution in [1.82, 2.24) is 10.4 Å². The molecule has 2 aliphatic rings. The molecule has 2 fully saturated rings. The Kier molecular flexibility index (Phi) is 5.20. The zero-order chi connectivity index (χ0) is 20.4. The van der Waals surface area contributed by atoms with Crippen LogP contribution in [-0.2, 0) is 9.59 Å². The molecule has 3 amide bonds. The molecule has 1 aliphatic heterocycles. The highest BCUT2D eigenvalue weighted by atomic mass is 16.2. The van der Waals surface area contributed by atoms with E-state index in [-0.39, 0.29) is 29.3 Å². The summed E-state index contributed by atoms with van der Waals surface area (Å²) in [6.07, 6.45) is 5.15. The predicted octanol–water partition coefficient (Wildman–Crippen LogP) is 2.92. The summed E-state index contributed by atoms with van der Waals surface area (Å²) >= 11 is 0. The summed E-state index contributed by atoms with van der Waals surface area (Å²) < 4.78 is 0. The van der Waals surface area contributed by atoms with Crippen LogP contribution in [0, 0.1) is 11.8 Å². The summed E-state index contributed by atoms with van der Waals surface area (Å²) in [4.78, 5) is 42.8. The SMILES string of the molecule is C/C(=N\NC(=O)c1ccccn1)c1ccc(N2C(=O)[C@@H]3CCCC[C@H]3C2=O)cc1. The molecule has 4 rings (SSSR count). The van der Waals surface area contributed by atoms with Gasteiger partial charge in [-0.15, -0.1) is 0 Å². The molecule has 0 spiro atoms. The number of hydrazone groups is 1. The second kappa shape index (κ2) is 7.95. The molecule has 2 heterocycles. The number of nitrogens with one attached hydrogen (secondary N) is 1. The number of hydrogen-bond donors (Lipinski definition) is 1. The number of benzene rings is 1. The van der Waals surface area contributed by atoms with Gasteiger partial charge in [0.2, 0.25) is 11.8 Å². The third-order valence-electron chi connectivity index (χ3n) is 5.61. The first-order valence-electron chi connectivity index (χ1n) is 9.80. The summed E-state index contributed by atoms with van der Waals surface area (Å²) in [5.74, 6) is -0.888. The molecule has 1 saturated carbocycles. The second-order valence-corrected chi connectivity index (χ2v) is 7.41. The van der Waals surface area contributed by atoms with E-state index in [0.717, 1.165) is 31.2 Å². The number of carbonyl (C=O) groups excluding carboxylic acids is 3. The summed E-state index contributed by atoms with van der Waals surface area (Å²) in [6, 6.07) is 12.2. The number of imide groups is 1. The van der Waals surface area contributed by atoms with Crippen LogP contribution in [0.2, 0.25) is 0 Å². The second-order valence-electron chi connectivity index (χ2n) is 7.41. The van der Waals surface area contributed by atoms with Crippen LogP contribution in [0.4, 0.5) is 5.69 Å². The lowest BCUT2D eigenvalue weighted by molar-refractivity contribution is -0.122. The molecule has 1 aromatic carbocycles. The van der Waals surface area contributed by atoms with Gasteiger partial charge in [0.25, 0.3) is 5.91 Å². The molecule has 7 nitrogen and oxygen atoms in total. The van der Waals surface area contributed by atoms with Crippen LogP contribution in [0.15, 0.2) is 53.8 Å². The van der Waals surface area contributed by atoms with Crippen LogP contribution in [0.5, 0.6) is 0 Å². The van der Waals surface area contributed by atoms with Crippen LogP contribution < -0.4 is 10.3 Å². The Morgan fingerprint density at radius 1 is 1.03 bits per heavy atom. The van der Waals surface area contributed by atoms with Crippen LogP contribution >= 0.6 is 0 Å². The molecule has 0 bridgehead atoms. The maximum atomic E-state index is 12.7. The minimum atomic E-state index is -0.391. The van der Waals surface area contributed by atoms with E-state index >= 15 is 0 Å². The first-order valence-corrected chi connectivity index (χ1v) is 9.80. The van der Waals surface area contributed by atoms with E-state index in [0.29, 0.717) is 11.4 Å². The monoisotopic (exact) mass is 390 g/mol. The molecule has 29 heavy (non-hydrogen) atoms. The average molecular weight is 390 g/mol. The van der Waals surface area contributed by atoms with Gasteiger partial charge in [-0.05, 0) is 49.6 Å². The van der Waals surface area contributed by atoms with E-state index in [2.05, 4.69) is 15.5 Å². The van der Waals surface area contributed by atoms with Gasteiger partial charge in [0.05, 0.1) is 23.2 Å². The highest BCUT2D eigenvalue weighted by molar-refractivity contribution is 6.22. The van der Waals surface area contributed by atoms with Crippen LogP contribution in [0.1, 0.15) is 48.7 Å². The van der Waals surface area contributed by atoms with Gasteiger partial charge in [0.15, 0.2) is 0 Å². The fraction of sp³-hybridized carbons (Fsp3) is 0.318. The maximum Gasteiger partial charge on any atom is 0.289 e. The van der Waals surface area contributed by atoms with Crippen molar-refractivity contribution in [2.24, 2.45) is 16.9 Å². The van der Waals surface area contributed by atoms with Crippen molar-refractivity contribution in [2.75, 3.05) is 4.90 Å². The third-order valence-corrected chi connectivity index (χ3v) is 5.61. The largest absolute Gasteiger partial charge is 0.289 e. The Hall–Kier alpha value is -3.35. The molecule has 148 valence electrons. The fourth-order valence-electron chi connectivity index (χ4n) is 4.02. The smallest absolute Gasteiger partial charge is 0.274 e. The van der Waals surface area contributed by atoms with E-state index in [4.69, 9.17) is 0 Å². The van der Waals surface area contributed by atoms with Gasteiger partial charge in [-0.3, -0.25) is 24.3 Å². The lowest BCUT2D eigenvalue weighted by Crippen LogP contribution is -2.30. The standard InChI is InChI=1S/C22H22N4O3/c1-14(24-25-20(27)19-8-4-5-13-23-19)15-9-11-16(12-10-15)26-21(28)17-6-2-3-7-18(17)22(26)29/h4-5,8-13,17-18H,2-3,6-7H2,1H3,(H,25,27)/b24-14+/t17-,18-/m1/s1. The Morgan fingerprint density at radius 3 is 2.28 bits per heavy atom. The summed E-state index contributed by atoms with van der Waals surface area (Å²) in [5, 5.41) is 4.12. The molecule has 7 heteroatoms. The lowest BCUT2D eigenvalue weighted by atomic mass is 9.81. The molecule has 1 saturated heterocycles. The van der Waals surface area contributed by atoms with Gasteiger partial charge in [-0.1, -0.05) is 31.0 Å². The van der Waals surface area contributed by atoms with Gasteiger partial charge in [-0.25, -0.2) is 5.43 Å². The number of anilines is 1.